The fourth-order valence-electron chi connectivity index (χ4n) is 3.07. The van der Waals surface area contributed by atoms with E-state index in [2.05, 4.69) is 33.9 Å². The van der Waals surface area contributed by atoms with Gasteiger partial charge in [0.1, 0.15) is 0 Å². The van der Waals surface area contributed by atoms with E-state index in [4.69, 9.17) is 9.16 Å². The van der Waals surface area contributed by atoms with E-state index in [1.165, 1.54) is 0 Å². The summed E-state index contributed by atoms with van der Waals surface area (Å²) in [7, 11) is -1.66. The molecule has 0 aromatic rings. The van der Waals surface area contributed by atoms with Crippen molar-refractivity contribution in [2.75, 3.05) is 6.61 Å². The van der Waals surface area contributed by atoms with Gasteiger partial charge in [-0.05, 0) is 49.7 Å². The number of fused-ring (bicyclic) bond motifs is 1. The number of esters is 1. The molecular weight excluding hydrogens is 256 g/mol. The van der Waals surface area contributed by atoms with Crippen molar-refractivity contribution in [3.8, 4) is 0 Å². The standard InChI is InChI=1S/C15H28O3Si/c1-7-17-14(16)13-11-8-10(9-12(11)13)18-19(5,6)15(2,3)4/h10-13H,7-9H2,1-6H3/t10?,11-,12-,13?/m1/s1. The maximum Gasteiger partial charge on any atom is 0.309 e. The molecule has 0 saturated heterocycles. The Morgan fingerprint density at radius 1 is 1.21 bits per heavy atom. The molecule has 2 atom stereocenters. The van der Waals surface area contributed by atoms with Crippen LogP contribution >= 0.6 is 0 Å². The summed E-state index contributed by atoms with van der Waals surface area (Å²) in [6, 6.07) is 0. The smallest absolute Gasteiger partial charge is 0.309 e. The topological polar surface area (TPSA) is 35.5 Å². The third-order valence-corrected chi connectivity index (χ3v) is 9.76. The van der Waals surface area contributed by atoms with Crippen LogP contribution in [0, 0.1) is 17.8 Å². The predicted molar refractivity (Wildman–Crippen MR) is 78.4 cm³/mol. The molecule has 110 valence electrons. The van der Waals surface area contributed by atoms with Crippen molar-refractivity contribution < 1.29 is 14.0 Å². The lowest BCUT2D eigenvalue weighted by Crippen LogP contribution is -2.43. The maximum absolute atomic E-state index is 11.7. The highest BCUT2D eigenvalue weighted by Gasteiger charge is 2.61. The highest BCUT2D eigenvalue weighted by molar-refractivity contribution is 6.74. The largest absolute Gasteiger partial charge is 0.466 e. The first kappa shape index (κ1) is 15.0. The van der Waals surface area contributed by atoms with Gasteiger partial charge in [0.2, 0.25) is 0 Å². The number of ether oxygens (including phenoxy) is 1. The highest BCUT2D eigenvalue weighted by Crippen LogP contribution is 2.59. The van der Waals surface area contributed by atoms with Crippen molar-refractivity contribution in [3.63, 3.8) is 0 Å². The quantitative estimate of drug-likeness (QED) is 0.584. The van der Waals surface area contributed by atoms with E-state index >= 15 is 0 Å². The predicted octanol–water partition coefficient (Wildman–Crippen LogP) is 3.60. The molecule has 0 aliphatic heterocycles. The van der Waals surface area contributed by atoms with Crippen molar-refractivity contribution in [1.29, 1.82) is 0 Å². The number of rotatable bonds is 4. The van der Waals surface area contributed by atoms with Crippen molar-refractivity contribution in [3.05, 3.63) is 0 Å². The van der Waals surface area contributed by atoms with Crippen molar-refractivity contribution in [2.24, 2.45) is 17.8 Å². The second kappa shape index (κ2) is 4.88. The number of carbonyl (C=O) groups excluding carboxylic acids is 1. The lowest BCUT2D eigenvalue weighted by Gasteiger charge is -2.39. The summed E-state index contributed by atoms with van der Waals surface area (Å²) in [5.41, 5.74) is 0. The second-order valence-corrected chi connectivity index (χ2v) is 12.3. The van der Waals surface area contributed by atoms with Gasteiger partial charge in [0, 0.05) is 6.10 Å². The van der Waals surface area contributed by atoms with Crippen LogP contribution in [0.5, 0.6) is 0 Å². The molecule has 2 aliphatic carbocycles. The summed E-state index contributed by atoms with van der Waals surface area (Å²) < 4.78 is 11.6. The van der Waals surface area contributed by atoms with Gasteiger partial charge in [-0.2, -0.15) is 0 Å². The van der Waals surface area contributed by atoms with E-state index in [-0.39, 0.29) is 16.9 Å². The Bertz CT molecular complexity index is 347. The van der Waals surface area contributed by atoms with Crippen LogP contribution in [0.15, 0.2) is 0 Å². The van der Waals surface area contributed by atoms with Gasteiger partial charge in [-0.1, -0.05) is 20.8 Å². The summed E-state index contributed by atoms with van der Waals surface area (Å²) in [5.74, 6) is 1.27. The molecular formula is C15H28O3Si. The molecule has 0 amide bonds. The van der Waals surface area contributed by atoms with E-state index in [1.807, 2.05) is 6.92 Å². The molecule has 0 radical (unpaired) electrons. The first-order chi connectivity index (χ1) is 8.67. The van der Waals surface area contributed by atoms with Crippen LogP contribution < -0.4 is 0 Å². The fraction of sp³-hybridized carbons (Fsp3) is 0.933. The van der Waals surface area contributed by atoms with E-state index < -0.39 is 8.32 Å². The maximum atomic E-state index is 11.7. The minimum absolute atomic E-state index is 0.0169. The van der Waals surface area contributed by atoms with E-state index in [0.717, 1.165) is 12.8 Å². The Morgan fingerprint density at radius 3 is 2.16 bits per heavy atom. The summed E-state index contributed by atoms with van der Waals surface area (Å²) in [5, 5.41) is 0.264. The van der Waals surface area contributed by atoms with Crippen LogP contribution in [-0.4, -0.2) is 27.0 Å². The summed E-state index contributed by atoms with van der Waals surface area (Å²) in [6.07, 6.45) is 2.49. The van der Waals surface area contributed by atoms with Gasteiger partial charge in [-0.25, -0.2) is 0 Å². The molecule has 0 aromatic carbocycles. The van der Waals surface area contributed by atoms with Gasteiger partial charge in [0.05, 0.1) is 12.5 Å². The van der Waals surface area contributed by atoms with Gasteiger partial charge >= 0.3 is 5.97 Å². The molecule has 2 fully saturated rings. The summed E-state index contributed by atoms with van der Waals surface area (Å²) in [4.78, 5) is 11.7. The Morgan fingerprint density at radius 2 is 1.74 bits per heavy atom. The third kappa shape index (κ3) is 2.89. The SMILES string of the molecule is CCOC(=O)C1[C@@H]2CC(O[Si](C)(C)C(C)(C)C)C[C@@H]12. The zero-order chi connectivity index (χ0) is 14.4. The molecule has 0 unspecified atom stereocenters. The average molecular weight is 284 g/mol. The van der Waals surface area contributed by atoms with Gasteiger partial charge < -0.3 is 9.16 Å². The van der Waals surface area contributed by atoms with Crippen LogP contribution in [-0.2, 0) is 14.0 Å². The lowest BCUT2D eigenvalue weighted by atomic mass is 10.1. The molecule has 0 heterocycles. The van der Waals surface area contributed by atoms with E-state index in [9.17, 15) is 4.79 Å². The van der Waals surface area contributed by atoms with Crippen LogP contribution in [0.1, 0.15) is 40.5 Å². The zero-order valence-corrected chi connectivity index (χ0v) is 14.2. The first-order valence-corrected chi connectivity index (χ1v) is 10.4. The molecule has 4 heteroatoms. The highest BCUT2D eigenvalue weighted by atomic mass is 28.4. The Balaban J connectivity index is 1.83. The minimum atomic E-state index is -1.66. The van der Waals surface area contributed by atoms with Crippen LogP contribution in [0.2, 0.25) is 18.1 Å². The minimum Gasteiger partial charge on any atom is -0.466 e. The molecule has 19 heavy (non-hydrogen) atoms. The second-order valence-electron chi connectivity index (χ2n) is 7.58. The van der Waals surface area contributed by atoms with E-state index in [1.54, 1.807) is 0 Å². The molecule has 0 bridgehead atoms. The van der Waals surface area contributed by atoms with Gasteiger partial charge in [-0.15, -0.1) is 0 Å². The summed E-state index contributed by atoms with van der Waals surface area (Å²) >= 11 is 0. The van der Waals surface area contributed by atoms with Gasteiger partial charge in [0.15, 0.2) is 8.32 Å². The molecule has 2 saturated carbocycles. The Labute approximate surface area is 118 Å². The molecule has 0 aromatic heterocycles. The first-order valence-electron chi connectivity index (χ1n) is 7.52. The Hall–Kier alpha value is -0.353. The molecule has 0 spiro atoms. The fourth-order valence-corrected chi connectivity index (χ4v) is 4.45. The number of hydrogen-bond donors (Lipinski definition) is 0. The normalized spacial score (nSPS) is 31.2. The van der Waals surface area contributed by atoms with Gasteiger partial charge in [0.25, 0.3) is 0 Å². The summed E-state index contributed by atoms with van der Waals surface area (Å²) in [6.45, 7) is 13.8. The van der Waals surface area contributed by atoms with Crippen LogP contribution in [0.3, 0.4) is 0 Å². The van der Waals surface area contributed by atoms with Crippen molar-refractivity contribution in [1.82, 2.24) is 0 Å². The van der Waals surface area contributed by atoms with Crippen LogP contribution in [0.4, 0.5) is 0 Å². The zero-order valence-electron chi connectivity index (χ0n) is 13.2. The monoisotopic (exact) mass is 284 g/mol. The Kier molecular flexibility index (Phi) is 3.87. The van der Waals surface area contributed by atoms with Gasteiger partial charge in [-0.3, -0.25) is 4.79 Å². The van der Waals surface area contributed by atoms with Crippen molar-refractivity contribution >= 4 is 14.3 Å². The molecule has 2 aliphatic rings. The number of hydrogen-bond acceptors (Lipinski definition) is 3. The third-order valence-electron chi connectivity index (χ3n) is 5.23. The van der Waals surface area contributed by atoms with Crippen LogP contribution in [0.25, 0.3) is 0 Å². The molecule has 0 N–H and O–H groups in total. The van der Waals surface area contributed by atoms with Crippen molar-refractivity contribution in [2.45, 2.75) is 64.8 Å². The average Bonchev–Trinajstić information content (AvgIpc) is 2.75. The molecule has 3 nitrogen and oxygen atoms in total. The number of carbonyl (C=O) groups is 1. The lowest BCUT2D eigenvalue weighted by molar-refractivity contribution is -0.145. The molecule has 2 rings (SSSR count). The van der Waals surface area contributed by atoms with E-state index in [0.29, 0.717) is 24.5 Å².